The van der Waals surface area contributed by atoms with Crippen LogP contribution in [0.4, 0.5) is 5.69 Å². The van der Waals surface area contributed by atoms with E-state index in [0.29, 0.717) is 28.4 Å². The number of hydrogen-bond donors (Lipinski definition) is 3. The average Bonchev–Trinajstić information content (AvgIpc) is 3.19. The molecule has 4 aromatic rings. The Labute approximate surface area is 196 Å². The number of aromatic amines is 1. The van der Waals surface area contributed by atoms with Crippen LogP contribution in [0.15, 0.2) is 77.6 Å². The minimum atomic E-state index is -0.204. The fourth-order valence-electron chi connectivity index (χ4n) is 3.40. The first kappa shape index (κ1) is 22.2. The number of nitrogens with one attached hydrogen (secondary N) is 2. The largest absolute Gasteiger partial charge is 0.397 e. The van der Waals surface area contributed by atoms with Crippen LogP contribution >= 0.6 is 11.6 Å². The molecule has 0 spiro atoms. The molecule has 0 bridgehead atoms. The summed E-state index contributed by atoms with van der Waals surface area (Å²) >= 11 is 6.06. The number of allylic oxidation sites excluding steroid dienone is 2. The van der Waals surface area contributed by atoms with Crippen molar-refractivity contribution in [1.29, 1.82) is 0 Å². The number of carbonyl (C=O) groups excluding carboxylic acids is 1. The van der Waals surface area contributed by atoms with Crippen LogP contribution in [0.1, 0.15) is 18.2 Å². The van der Waals surface area contributed by atoms with E-state index in [0.717, 1.165) is 33.1 Å². The number of nitrogen functional groups attached to an aromatic ring is 1. The van der Waals surface area contributed by atoms with Crippen molar-refractivity contribution in [1.82, 2.24) is 20.5 Å². The smallest absolute Gasteiger partial charge is 0.247 e. The van der Waals surface area contributed by atoms with Gasteiger partial charge >= 0.3 is 0 Å². The lowest BCUT2D eigenvalue weighted by molar-refractivity contribution is -0.117. The number of nitrogens with two attached hydrogens (primary N) is 1. The molecule has 8 heteroatoms. The van der Waals surface area contributed by atoms with Crippen LogP contribution in [0.2, 0.25) is 5.02 Å². The molecule has 33 heavy (non-hydrogen) atoms. The van der Waals surface area contributed by atoms with Gasteiger partial charge in [-0.3, -0.25) is 19.9 Å². The third kappa shape index (κ3) is 5.45. The minimum Gasteiger partial charge on any atom is -0.397 e. The fraction of sp³-hybridized carbons (Fsp3) is 0.120. The monoisotopic (exact) mass is 458 g/mol. The highest BCUT2D eigenvalue weighted by molar-refractivity contribution is 6.31. The lowest BCUT2D eigenvalue weighted by Gasteiger charge is -2.04. The van der Waals surface area contributed by atoms with Gasteiger partial charge in [-0.25, -0.2) is 0 Å². The van der Waals surface area contributed by atoms with E-state index in [1.165, 1.54) is 0 Å². The second-order valence-corrected chi connectivity index (χ2v) is 8.15. The summed E-state index contributed by atoms with van der Waals surface area (Å²) in [7, 11) is 0. The third-order valence-corrected chi connectivity index (χ3v) is 5.37. The van der Waals surface area contributed by atoms with E-state index in [1.807, 2.05) is 36.4 Å². The van der Waals surface area contributed by atoms with Gasteiger partial charge in [0.2, 0.25) is 5.91 Å². The Morgan fingerprint density at radius 1 is 1.27 bits per heavy atom. The van der Waals surface area contributed by atoms with E-state index in [4.69, 9.17) is 17.3 Å². The van der Waals surface area contributed by atoms with Gasteiger partial charge in [0.15, 0.2) is 0 Å². The number of fused-ring (bicyclic) bond motifs is 2. The molecule has 7 nitrogen and oxygen atoms in total. The summed E-state index contributed by atoms with van der Waals surface area (Å²) in [6, 6.07) is 13.3. The Balaban J connectivity index is 1.33. The van der Waals surface area contributed by atoms with Crippen LogP contribution in [0.3, 0.4) is 0 Å². The quantitative estimate of drug-likeness (QED) is 0.274. The Kier molecular flexibility index (Phi) is 6.51. The van der Waals surface area contributed by atoms with E-state index in [1.54, 1.807) is 31.5 Å². The molecular weight excluding hydrogens is 436 g/mol. The minimum absolute atomic E-state index is 0.204. The second-order valence-electron chi connectivity index (χ2n) is 7.71. The molecule has 2 heterocycles. The van der Waals surface area contributed by atoms with Crippen molar-refractivity contribution < 1.29 is 4.79 Å². The zero-order chi connectivity index (χ0) is 23.4. The van der Waals surface area contributed by atoms with Crippen molar-refractivity contribution in [3.63, 3.8) is 0 Å². The van der Waals surface area contributed by atoms with Gasteiger partial charge in [0.25, 0.3) is 0 Å². The lowest BCUT2D eigenvalue weighted by atomic mass is 10.1. The Morgan fingerprint density at radius 2 is 2.12 bits per heavy atom. The number of aliphatic imine (C=N–C) groups is 1. The molecule has 0 fully saturated rings. The highest BCUT2D eigenvalue weighted by Crippen LogP contribution is 2.21. The number of rotatable bonds is 7. The van der Waals surface area contributed by atoms with Gasteiger partial charge in [-0.05, 0) is 55.0 Å². The van der Waals surface area contributed by atoms with Crippen LogP contribution in [0, 0.1) is 0 Å². The molecule has 2 aromatic carbocycles. The van der Waals surface area contributed by atoms with Crippen LogP contribution in [0.5, 0.6) is 0 Å². The standard InChI is InChI=1S/C25H23ClN6O/c1-15(25(33)30-14-24-21-12-19(26)4-6-23(21)31-32-24)7-8-28-16(2)9-17-3-5-22-18(10-17)11-20(27)13-29-22/h3-8,10-13H,2,9,14,27H2,1H3,(H,30,33)(H,31,32)/b15-7+,28-8-. The number of hydrogen-bond acceptors (Lipinski definition) is 5. The maximum Gasteiger partial charge on any atom is 0.247 e. The topological polar surface area (TPSA) is 109 Å². The predicted molar refractivity (Wildman–Crippen MR) is 134 cm³/mol. The molecule has 0 aliphatic heterocycles. The first-order chi connectivity index (χ1) is 15.9. The number of benzene rings is 2. The zero-order valence-corrected chi connectivity index (χ0v) is 18.9. The van der Waals surface area contributed by atoms with Gasteiger partial charge in [-0.2, -0.15) is 5.10 Å². The van der Waals surface area contributed by atoms with E-state index < -0.39 is 0 Å². The summed E-state index contributed by atoms with van der Waals surface area (Å²) in [4.78, 5) is 21.1. The van der Waals surface area contributed by atoms with Crippen molar-refractivity contribution in [2.45, 2.75) is 19.9 Å². The van der Waals surface area contributed by atoms with Crippen LogP contribution in [-0.4, -0.2) is 27.3 Å². The van der Waals surface area contributed by atoms with Gasteiger partial charge in [0.1, 0.15) is 0 Å². The molecular formula is C25H23ClN6O. The molecule has 166 valence electrons. The van der Waals surface area contributed by atoms with Gasteiger partial charge in [0, 0.05) is 39.7 Å². The molecule has 2 aromatic heterocycles. The van der Waals surface area contributed by atoms with Gasteiger partial charge < -0.3 is 11.1 Å². The summed E-state index contributed by atoms with van der Waals surface area (Å²) < 4.78 is 0. The molecule has 0 saturated heterocycles. The summed E-state index contributed by atoms with van der Waals surface area (Å²) in [5, 5.41) is 12.5. The second kappa shape index (κ2) is 9.67. The lowest BCUT2D eigenvalue weighted by Crippen LogP contribution is -2.23. The first-order valence-corrected chi connectivity index (χ1v) is 10.7. The Morgan fingerprint density at radius 3 is 2.97 bits per heavy atom. The van der Waals surface area contributed by atoms with Crippen molar-refractivity contribution in [2.75, 3.05) is 5.73 Å². The van der Waals surface area contributed by atoms with Gasteiger partial charge in [-0.1, -0.05) is 24.2 Å². The van der Waals surface area contributed by atoms with Crippen LogP contribution in [0.25, 0.3) is 21.8 Å². The first-order valence-electron chi connectivity index (χ1n) is 10.3. The van der Waals surface area contributed by atoms with Gasteiger partial charge in [-0.15, -0.1) is 0 Å². The van der Waals surface area contributed by atoms with Crippen molar-refractivity contribution in [2.24, 2.45) is 4.99 Å². The maximum atomic E-state index is 12.4. The SMILES string of the molecule is C=C(Cc1ccc2ncc(N)cc2c1)/N=C\C=C(/C)C(=O)NCc1n[nH]c2ccc(Cl)cc12. The number of carbonyl (C=O) groups is 1. The van der Waals surface area contributed by atoms with Crippen LogP contribution < -0.4 is 11.1 Å². The normalized spacial score (nSPS) is 12.0. The average molecular weight is 459 g/mol. The molecule has 0 aliphatic carbocycles. The molecule has 0 aliphatic rings. The summed E-state index contributed by atoms with van der Waals surface area (Å²) in [6.45, 7) is 6.02. The van der Waals surface area contributed by atoms with E-state index in [2.05, 4.69) is 32.1 Å². The van der Waals surface area contributed by atoms with Crippen LogP contribution in [-0.2, 0) is 17.8 Å². The van der Waals surface area contributed by atoms with E-state index in [9.17, 15) is 4.79 Å². The fourth-order valence-corrected chi connectivity index (χ4v) is 3.57. The molecule has 1 amide bonds. The van der Waals surface area contributed by atoms with Crippen molar-refractivity contribution in [3.8, 4) is 0 Å². The number of nitrogens with zero attached hydrogens (tertiary/aromatic N) is 3. The summed E-state index contributed by atoms with van der Waals surface area (Å²) in [5.74, 6) is -0.204. The highest BCUT2D eigenvalue weighted by atomic mass is 35.5. The molecule has 0 saturated carbocycles. The number of anilines is 1. The van der Waals surface area contributed by atoms with Crippen molar-refractivity contribution in [3.05, 3.63) is 88.9 Å². The van der Waals surface area contributed by atoms with E-state index in [-0.39, 0.29) is 12.5 Å². The molecule has 4 N–H and O–H groups in total. The number of aromatic nitrogens is 3. The van der Waals surface area contributed by atoms with Gasteiger partial charge in [0.05, 0.1) is 35.2 Å². The zero-order valence-electron chi connectivity index (χ0n) is 18.1. The third-order valence-electron chi connectivity index (χ3n) is 5.14. The van der Waals surface area contributed by atoms with Crippen molar-refractivity contribution >= 4 is 51.2 Å². The Hall–Kier alpha value is -3.97. The Bertz CT molecular complexity index is 1420. The maximum absolute atomic E-state index is 12.4. The molecule has 0 atom stereocenters. The number of H-pyrrole nitrogens is 1. The summed E-state index contributed by atoms with van der Waals surface area (Å²) in [5.41, 5.74) is 11.2. The predicted octanol–water partition coefficient (Wildman–Crippen LogP) is 4.74. The van der Waals surface area contributed by atoms with E-state index >= 15 is 0 Å². The highest BCUT2D eigenvalue weighted by Gasteiger charge is 2.09. The molecule has 0 radical (unpaired) electrons. The number of pyridine rings is 1. The summed E-state index contributed by atoms with van der Waals surface area (Å²) in [6.07, 6.45) is 5.46. The number of amides is 1. The molecule has 0 unspecified atom stereocenters. The molecule has 4 rings (SSSR count). The number of halogens is 1.